The van der Waals surface area contributed by atoms with Crippen molar-refractivity contribution in [3.63, 3.8) is 0 Å². The van der Waals surface area contributed by atoms with E-state index in [2.05, 4.69) is 45.1 Å². The summed E-state index contributed by atoms with van der Waals surface area (Å²) in [5.74, 6) is 0.215. The number of hydrogen-bond donors (Lipinski definition) is 1. The van der Waals surface area contributed by atoms with E-state index in [-0.39, 0.29) is 5.82 Å². The van der Waals surface area contributed by atoms with Crippen molar-refractivity contribution in [1.29, 1.82) is 0 Å². The molecule has 0 amide bonds. The molecule has 0 aliphatic carbocycles. The summed E-state index contributed by atoms with van der Waals surface area (Å²) in [5, 5.41) is 3.29. The molecule has 0 aliphatic rings. The molecule has 100 valence electrons. The topological polar surface area (TPSA) is 37.8 Å². The molecule has 1 aromatic carbocycles. The number of halogens is 2. The first-order valence-corrected chi connectivity index (χ1v) is 6.85. The van der Waals surface area contributed by atoms with Crippen LogP contribution in [0.2, 0.25) is 0 Å². The van der Waals surface area contributed by atoms with Gasteiger partial charge in [-0.2, -0.15) is 0 Å². The largest absolute Gasteiger partial charge is 0.310 e. The number of nitrogens with zero attached hydrogens (tertiary/aromatic N) is 2. The zero-order chi connectivity index (χ0) is 13.8. The van der Waals surface area contributed by atoms with Crippen LogP contribution in [0.4, 0.5) is 4.39 Å². The summed E-state index contributed by atoms with van der Waals surface area (Å²) in [7, 11) is 0. The smallest absolute Gasteiger partial charge is 0.160 e. The van der Waals surface area contributed by atoms with E-state index < -0.39 is 0 Å². The fourth-order valence-electron chi connectivity index (χ4n) is 1.58. The van der Waals surface area contributed by atoms with E-state index in [1.165, 1.54) is 12.1 Å². The van der Waals surface area contributed by atoms with Crippen LogP contribution in [0.5, 0.6) is 0 Å². The van der Waals surface area contributed by atoms with Gasteiger partial charge in [-0.05, 0) is 18.2 Å². The fraction of sp³-hybridized carbons (Fsp3) is 0.286. The van der Waals surface area contributed by atoms with Crippen LogP contribution < -0.4 is 5.32 Å². The van der Waals surface area contributed by atoms with Crippen LogP contribution in [-0.4, -0.2) is 16.0 Å². The van der Waals surface area contributed by atoms with Crippen LogP contribution in [-0.2, 0) is 6.54 Å². The average Bonchev–Trinajstić information content (AvgIpc) is 2.40. The summed E-state index contributed by atoms with van der Waals surface area (Å²) >= 11 is 3.38. The SMILES string of the molecule is CC(C)NCc1cnc(-c2cc(F)ccc2Br)nc1. The third kappa shape index (κ3) is 3.81. The second kappa shape index (κ2) is 6.21. The third-order valence-electron chi connectivity index (χ3n) is 2.59. The lowest BCUT2D eigenvalue weighted by atomic mass is 10.2. The highest BCUT2D eigenvalue weighted by molar-refractivity contribution is 9.10. The van der Waals surface area contributed by atoms with Gasteiger partial charge in [-0.1, -0.05) is 29.8 Å². The van der Waals surface area contributed by atoms with Gasteiger partial charge in [0, 0.05) is 40.6 Å². The molecule has 3 nitrogen and oxygen atoms in total. The highest BCUT2D eigenvalue weighted by atomic mass is 79.9. The molecule has 0 atom stereocenters. The maximum Gasteiger partial charge on any atom is 0.160 e. The van der Waals surface area contributed by atoms with E-state index in [1.54, 1.807) is 18.5 Å². The zero-order valence-corrected chi connectivity index (χ0v) is 12.4. The van der Waals surface area contributed by atoms with Crippen molar-refractivity contribution in [2.24, 2.45) is 0 Å². The fourth-order valence-corrected chi connectivity index (χ4v) is 2.00. The summed E-state index contributed by atoms with van der Waals surface area (Å²) in [5.41, 5.74) is 1.66. The van der Waals surface area contributed by atoms with Crippen molar-refractivity contribution in [2.75, 3.05) is 0 Å². The van der Waals surface area contributed by atoms with Crippen molar-refractivity contribution in [2.45, 2.75) is 26.4 Å². The zero-order valence-electron chi connectivity index (χ0n) is 10.8. The van der Waals surface area contributed by atoms with Gasteiger partial charge in [-0.15, -0.1) is 0 Å². The Morgan fingerprint density at radius 3 is 2.58 bits per heavy atom. The van der Waals surface area contributed by atoms with Gasteiger partial charge in [-0.25, -0.2) is 14.4 Å². The van der Waals surface area contributed by atoms with Crippen molar-refractivity contribution in [3.8, 4) is 11.4 Å². The number of hydrogen-bond acceptors (Lipinski definition) is 3. The van der Waals surface area contributed by atoms with Crippen LogP contribution >= 0.6 is 15.9 Å². The third-order valence-corrected chi connectivity index (χ3v) is 3.28. The van der Waals surface area contributed by atoms with E-state index in [4.69, 9.17) is 0 Å². The van der Waals surface area contributed by atoms with E-state index in [0.29, 0.717) is 17.4 Å². The highest BCUT2D eigenvalue weighted by Crippen LogP contribution is 2.25. The standard InChI is InChI=1S/C14H15BrFN3/c1-9(2)17-6-10-7-18-14(19-8-10)12-5-11(16)3-4-13(12)15/h3-5,7-9,17H,6H2,1-2H3. The molecule has 19 heavy (non-hydrogen) atoms. The molecule has 1 aromatic heterocycles. The normalized spacial score (nSPS) is 11.0. The summed E-state index contributed by atoms with van der Waals surface area (Å²) < 4.78 is 14.0. The Labute approximate surface area is 120 Å². The molecule has 5 heteroatoms. The maximum absolute atomic E-state index is 13.2. The minimum Gasteiger partial charge on any atom is -0.310 e. The van der Waals surface area contributed by atoms with E-state index in [9.17, 15) is 4.39 Å². The molecule has 2 rings (SSSR count). The second-order valence-corrected chi connectivity index (χ2v) is 5.43. The molecule has 0 saturated heterocycles. The summed E-state index contributed by atoms with van der Waals surface area (Å²) in [6.45, 7) is 4.89. The Bertz CT molecular complexity index is 555. The monoisotopic (exact) mass is 323 g/mol. The minimum atomic E-state index is -0.299. The van der Waals surface area contributed by atoms with Crippen LogP contribution in [0, 0.1) is 5.82 Å². The predicted octanol–water partition coefficient (Wildman–Crippen LogP) is 3.54. The van der Waals surface area contributed by atoms with E-state index in [1.807, 2.05) is 0 Å². The quantitative estimate of drug-likeness (QED) is 0.935. The number of nitrogens with one attached hydrogen (secondary N) is 1. The van der Waals surface area contributed by atoms with Crippen molar-refractivity contribution in [1.82, 2.24) is 15.3 Å². The lowest BCUT2D eigenvalue weighted by Gasteiger charge is -2.08. The lowest BCUT2D eigenvalue weighted by molar-refractivity contribution is 0.587. The summed E-state index contributed by atoms with van der Waals surface area (Å²) in [4.78, 5) is 8.56. The molecule has 0 bridgehead atoms. The van der Waals surface area contributed by atoms with Crippen molar-refractivity contribution in [3.05, 3.63) is 46.4 Å². The predicted molar refractivity (Wildman–Crippen MR) is 77.1 cm³/mol. The maximum atomic E-state index is 13.2. The molecule has 0 unspecified atom stereocenters. The molecular formula is C14H15BrFN3. The Balaban J connectivity index is 2.20. The Hall–Kier alpha value is -1.33. The molecule has 0 saturated carbocycles. The molecule has 0 fully saturated rings. The highest BCUT2D eigenvalue weighted by Gasteiger charge is 2.07. The molecule has 1 N–H and O–H groups in total. The van der Waals surface area contributed by atoms with Crippen LogP contribution in [0.3, 0.4) is 0 Å². The first-order valence-electron chi connectivity index (χ1n) is 6.06. The van der Waals surface area contributed by atoms with Crippen molar-refractivity contribution < 1.29 is 4.39 Å². The first-order chi connectivity index (χ1) is 9.06. The molecular weight excluding hydrogens is 309 g/mol. The van der Waals surface area contributed by atoms with E-state index in [0.717, 1.165) is 16.6 Å². The van der Waals surface area contributed by atoms with Crippen LogP contribution in [0.1, 0.15) is 19.4 Å². The summed E-state index contributed by atoms with van der Waals surface area (Å²) in [6, 6.07) is 4.89. The van der Waals surface area contributed by atoms with Gasteiger partial charge < -0.3 is 5.32 Å². The number of benzene rings is 1. The lowest BCUT2D eigenvalue weighted by Crippen LogP contribution is -2.21. The van der Waals surface area contributed by atoms with Crippen LogP contribution in [0.15, 0.2) is 35.1 Å². The van der Waals surface area contributed by atoms with Gasteiger partial charge in [0.05, 0.1) is 0 Å². The average molecular weight is 324 g/mol. The molecule has 0 radical (unpaired) electrons. The molecule has 0 aliphatic heterocycles. The van der Waals surface area contributed by atoms with Gasteiger partial charge in [-0.3, -0.25) is 0 Å². The molecule has 0 spiro atoms. The van der Waals surface area contributed by atoms with Gasteiger partial charge >= 0.3 is 0 Å². The van der Waals surface area contributed by atoms with Gasteiger partial charge in [0.25, 0.3) is 0 Å². The summed E-state index contributed by atoms with van der Waals surface area (Å²) in [6.07, 6.45) is 3.52. The molecule has 2 aromatic rings. The van der Waals surface area contributed by atoms with Crippen LogP contribution in [0.25, 0.3) is 11.4 Å². The Kier molecular flexibility index (Phi) is 4.61. The van der Waals surface area contributed by atoms with E-state index >= 15 is 0 Å². The Morgan fingerprint density at radius 1 is 1.26 bits per heavy atom. The second-order valence-electron chi connectivity index (χ2n) is 4.57. The molecule has 1 heterocycles. The first kappa shape index (κ1) is 14.1. The van der Waals surface area contributed by atoms with Gasteiger partial charge in [0.1, 0.15) is 5.82 Å². The Morgan fingerprint density at radius 2 is 1.95 bits per heavy atom. The van der Waals surface area contributed by atoms with Gasteiger partial charge in [0.2, 0.25) is 0 Å². The van der Waals surface area contributed by atoms with Crippen molar-refractivity contribution >= 4 is 15.9 Å². The number of aromatic nitrogens is 2. The number of rotatable bonds is 4. The minimum absolute atomic E-state index is 0.299. The van der Waals surface area contributed by atoms with Gasteiger partial charge in [0.15, 0.2) is 5.82 Å².